The molecule has 0 bridgehead atoms. The van der Waals surface area contributed by atoms with Crippen molar-refractivity contribution in [3.8, 4) is 0 Å². The molecule has 1 aromatic heterocycles. The predicted octanol–water partition coefficient (Wildman–Crippen LogP) is 0.890. The molecule has 2 N–H and O–H groups in total. The molecule has 1 amide bonds. The van der Waals surface area contributed by atoms with Crippen LogP contribution in [0.3, 0.4) is 0 Å². The van der Waals surface area contributed by atoms with Crippen molar-refractivity contribution in [2.24, 2.45) is 5.92 Å². The van der Waals surface area contributed by atoms with Crippen molar-refractivity contribution >= 4 is 11.9 Å². The predicted molar refractivity (Wildman–Crippen MR) is 65.9 cm³/mol. The van der Waals surface area contributed by atoms with Crippen molar-refractivity contribution < 1.29 is 14.7 Å². The highest BCUT2D eigenvalue weighted by molar-refractivity contribution is 5.75. The molecule has 0 saturated heterocycles. The Morgan fingerprint density at radius 1 is 1.44 bits per heavy atom. The lowest BCUT2D eigenvalue weighted by Gasteiger charge is -2.11. The summed E-state index contributed by atoms with van der Waals surface area (Å²) >= 11 is 0. The third-order valence-electron chi connectivity index (χ3n) is 2.65. The highest BCUT2D eigenvalue weighted by Crippen LogP contribution is 2.03. The number of rotatable bonds is 8. The standard InChI is InChI=1S/C12H19N3O3/c1-10(2-3-12(17)18)8-14-11(16)4-6-15-7-5-13-9-15/h5,7,9-10H,2-4,6,8H2,1H3,(H,14,16)(H,17,18). The number of aryl methyl sites for hydroxylation is 1. The highest BCUT2D eigenvalue weighted by atomic mass is 16.4. The van der Waals surface area contributed by atoms with Gasteiger partial charge in [0, 0.05) is 38.3 Å². The molecule has 1 unspecified atom stereocenters. The summed E-state index contributed by atoms with van der Waals surface area (Å²) in [4.78, 5) is 25.8. The first-order valence-electron chi connectivity index (χ1n) is 6.02. The Kier molecular flexibility index (Phi) is 5.90. The summed E-state index contributed by atoms with van der Waals surface area (Å²) < 4.78 is 1.84. The van der Waals surface area contributed by atoms with Gasteiger partial charge in [-0.1, -0.05) is 6.92 Å². The first-order chi connectivity index (χ1) is 8.58. The molecule has 0 aliphatic heterocycles. The number of carbonyl (C=O) groups is 2. The Morgan fingerprint density at radius 2 is 2.22 bits per heavy atom. The second-order valence-corrected chi connectivity index (χ2v) is 4.39. The Morgan fingerprint density at radius 3 is 2.83 bits per heavy atom. The summed E-state index contributed by atoms with van der Waals surface area (Å²) in [5.74, 6) is -0.641. The number of hydrogen-bond donors (Lipinski definition) is 2. The summed E-state index contributed by atoms with van der Waals surface area (Å²) in [6, 6.07) is 0. The third-order valence-corrected chi connectivity index (χ3v) is 2.65. The van der Waals surface area contributed by atoms with Gasteiger partial charge in [0.25, 0.3) is 0 Å². The number of carboxylic acids is 1. The van der Waals surface area contributed by atoms with Crippen molar-refractivity contribution in [3.63, 3.8) is 0 Å². The van der Waals surface area contributed by atoms with E-state index in [1.807, 2.05) is 17.7 Å². The van der Waals surface area contributed by atoms with E-state index < -0.39 is 5.97 Å². The largest absolute Gasteiger partial charge is 0.481 e. The summed E-state index contributed by atoms with van der Waals surface area (Å²) in [6.45, 7) is 3.06. The normalized spacial score (nSPS) is 12.1. The lowest BCUT2D eigenvalue weighted by Crippen LogP contribution is -2.29. The molecule has 0 spiro atoms. The van der Waals surface area contributed by atoms with E-state index in [9.17, 15) is 9.59 Å². The van der Waals surface area contributed by atoms with E-state index in [1.165, 1.54) is 0 Å². The minimum absolute atomic E-state index is 0.0223. The monoisotopic (exact) mass is 253 g/mol. The molecular weight excluding hydrogens is 234 g/mol. The summed E-state index contributed by atoms with van der Waals surface area (Å²) in [5, 5.41) is 11.3. The van der Waals surface area contributed by atoms with Gasteiger partial charge < -0.3 is 15.0 Å². The van der Waals surface area contributed by atoms with E-state index in [4.69, 9.17) is 5.11 Å². The molecule has 0 aliphatic rings. The summed E-state index contributed by atoms with van der Waals surface area (Å²) in [7, 11) is 0. The lowest BCUT2D eigenvalue weighted by molar-refractivity contribution is -0.137. The number of carboxylic acid groups (broad SMARTS) is 1. The van der Waals surface area contributed by atoms with E-state index in [1.54, 1.807) is 12.5 Å². The fourth-order valence-electron chi connectivity index (χ4n) is 1.50. The van der Waals surface area contributed by atoms with Crippen LogP contribution in [0.4, 0.5) is 0 Å². The van der Waals surface area contributed by atoms with E-state index >= 15 is 0 Å². The van der Waals surface area contributed by atoms with Crippen LogP contribution in [-0.4, -0.2) is 33.1 Å². The smallest absolute Gasteiger partial charge is 0.303 e. The maximum atomic E-state index is 11.5. The number of carbonyl (C=O) groups excluding carboxylic acids is 1. The molecule has 1 rings (SSSR count). The Bertz CT molecular complexity index is 376. The van der Waals surface area contributed by atoms with Crippen molar-refractivity contribution in [2.75, 3.05) is 6.54 Å². The zero-order chi connectivity index (χ0) is 13.4. The van der Waals surface area contributed by atoms with Crippen LogP contribution in [0.25, 0.3) is 0 Å². The first kappa shape index (κ1) is 14.2. The molecule has 100 valence electrons. The number of amides is 1. The molecule has 0 aromatic carbocycles. The van der Waals surface area contributed by atoms with Crippen LogP contribution in [0, 0.1) is 5.92 Å². The lowest BCUT2D eigenvalue weighted by atomic mass is 10.1. The van der Waals surface area contributed by atoms with Crippen LogP contribution < -0.4 is 5.32 Å². The SMILES string of the molecule is CC(CCC(=O)O)CNC(=O)CCn1ccnc1. The van der Waals surface area contributed by atoms with Crippen molar-refractivity contribution in [3.05, 3.63) is 18.7 Å². The Balaban J connectivity index is 2.11. The quantitative estimate of drug-likeness (QED) is 0.720. The number of nitrogens with one attached hydrogen (secondary N) is 1. The maximum absolute atomic E-state index is 11.5. The highest BCUT2D eigenvalue weighted by Gasteiger charge is 2.07. The molecule has 6 heteroatoms. The molecule has 6 nitrogen and oxygen atoms in total. The molecule has 18 heavy (non-hydrogen) atoms. The molecule has 0 saturated carbocycles. The number of hydrogen-bond acceptors (Lipinski definition) is 3. The topological polar surface area (TPSA) is 84.2 Å². The maximum Gasteiger partial charge on any atom is 0.303 e. The minimum atomic E-state index is -0.798. The fraction of sp³-hybridized carbons (Fsp3) is 0.583. The summed E-state index contributed by atoms with van der Waals surface area (Å²) in [6.07, 6.45) is 6.28. The van der Waals surface area contributed by atoms with Crippen LogP contribution in [0.1, 0.15) is 26.2 Å². The van der Waals surface area contributed by atoms with Gasteiger partial charge in [-0.05, 0) is 12.3 Å². The summed E-state index contributed by atoms with van der Waals surface area (Å²) in [5.41, 5.74) is 0. The fourth-order valence-corrected chi connectivity index (χ4v) is 1.50. The average molecular weight is 253 g/mol. The number of aliphatic carboxylic acids is 1. The van der Waals surface area contributed by atoms with Crippen LogP contribution >= 0.6 is 0 Å². The first-order valence-corrected chi connectivity index (χ1v) is 6.02. The zero-order valence-corrected chi connectivity index (χ0v) is 10.5. The van der Waals surface area contributed by atoms with Gasteiger partial charge in [0.1, 0.15) is 0 Å². The van der Waals surface area contributed by atoms with Gasteiger partial charge >= 0.3 is 5.97 Å². The molecule has 0 aliphatic carbocycles. The van der Waals surface area contributed by atoms with Gasteiger partial charge in [-0.3, -0.25) is 9.59 Å². The molecule has 1 heterocycles. The average Bonchev–Trinajstić information content (AvgIpc) is 2.84. The van der Waals surface area contributed by atoms with E-state index in [2.05, 4.69) is 10.3 Å². The second kappa shape index (κ2) is 7.47. The third kappa shape index (κ3) is 6.03. The molecule has 1 atom stereocenters. The molecule has 0 radical (unpaired) electrons. The van der Waals surface area contributed by atoms with Gasteiger partial charge in [-0.25, -0.2) is 4.98 Å². The minimum Gasteiger partial charge on any atom is -0.481 e. The Hall–Kier alpha value is -1.85. The Labute approximate surface area is 106 Å². The number of aromatic nitrogens is 2. The van der Waals surface area contributed by atoms with Gasteiger partial charge in [-0.15, -0.1) is 0 Å². The van der Waals surface area contributed by atoms with Crippen molar-refractivity contribution in [1.29, 1.82) is 0 Å². The van der Waals surface area contributed by atoms with E-state index in [0.717, 1.165) is 0 Å². The van der Waals surface area contributed by atoms with E-state index in [0.29, 0.717) is 25.9 Å². The van der Waals surface area contributed by atoms with Crippen molar-refractivity contribution in [1.82, 2.24) is 14.9 Å². The van der Waals surface area contributed by atoms with Gasteiger partial charge in [-0.2, -0.15) is 0 Å². The van der Waals surface area contributed by atoms with Crippen LogP contribution in [0.2, 0.25) is 0 Å². The molecule has 0 fully saturated rings. The van der Waals surface area contributed by atoms with Crippen LogP contribution in [-0.2, 0) is 16.1 Å². The number of nitrogens with zero attached hydrogens (tertiary/aromatic N) is 2. The zero-order valence-electron chi connectivity index (χ0n) is 10.5. The van der Waals surface area contributed by atoms with Gasteiger partial charge in [0.15, 0.2) is 0 Å². The molecular formula is C12H19N3O3. The van der Waals surface area contributed by atoms with Gasteiger partial charge in [0.2, 0.25) is 5.91 Å². The van der Waals surface area contributed by atoms with Crippen LogP contribution in [0.5, 0.6) is 0 Å². The van der Waals surface area contributed by atoms with Gasteiger partial charge in [0.05, 0.1) is 6.33 Å². The molecule has 1 aromatic rings. The van der Waals surface area contributed by atoms with Crippen LogP contribution in [0.15, 0.2) is 18.7 Å². The second-order valence-electron chi connectivity index (χ2n) is 4.39. The van der Waals surface area contributed by atoms with Crippen molar-refractivity contribution in [2.45, 2.75) is 32.7 Å². The van der Waals surface area contributed by atoms with E-state index in [-0.39, 0.29) is 18.2 Å². The number of imidazole rings is 1.